The Morgan fingerprint density at radius 2 is 1.68 bits per heavy atom. The third kappa shape index (κ3) is 6.70. The van der Waals surface area contributed by atoms with Gasteiger partial charge >= 0.3 is 11.6 Å². The molecule has 3 aromatic rings. The predicted molar refractivity (Wildman–Crippen MR) is 131 cm³/mol. The van der Waals surface area contributed by atoms with E-state index in [4.69, 9.17) is 13.9 Å². The Morgan fingerprint density at radius 3 is 2.32 bits per heavy atom. The highest BCUT2D eigenvalue weighted by Crippen LogP contribution is 2.24. The average Bonchev–Trinajstić information content (AvgIpc) is 2.75. The van der Waals surface area contributed by atoms with Gasteiger partial charge in [-0.2, -0.15) is 0 Å². The first kappa shape index (κ1) is 25.0. The minimum absolute atomic E-state index is 0.0704. The highest BCUT2D eigenvalue weighted by atomic mass is 16.5. The Bertz CT molecular complexity index is 1220. The van der Waals surface area contributed by atoms with Crippen LogP contribution in [0.25, 0.3) is 11.0 Å². The van der Waals surface area contributed by atoms with Crippen LogP contribution in [0.1, 0.15) is 63.4 Å². The Hall–Kier alpha value is -3.61. The number of carbonyl (C=O) groups excluding carboxylic acids is 2. The van der Waals surface area contributed by atoms with Crippen molar-refractivity contribution >= 4 is 22.8 Å². The van der Waals surface area contributed by atoms with Gasteiger partial charge in [0.05, 0.1) is 6.61 Å². The number of ether oxygens (including phenoxy) is 2. The quantitative estimate of drug-likeness (QED) is 0.218. The summed E-state index contributed by atoms with van der Waals surface area (Å²) in [4.78, 5) is 36.6. The summed E-state index contributed by atoms with van der Waals surface area (Å²) in [6.45, 7) is 10.5. The lowest BCUT2D eigenvalue weighted by Crippen LogP contribution is -2.33. The molecule has 7 nitrogen and oxygen atoms in total. The van der Waals surface area contributed by atoms with Crippen molar-refractivity contribution in [3.63, 3.8) is 0 Å². The van der Waals surface area contributed by atoms with Gasteiger partial charge in [0, 0.05) is 23.9 Å². The number of hydrogen-bond donors (Lipinski definition) is 1. The van der Waals surface area contributed by atoms with Crippen molar-refractivity contribution in [1.29, 1.82) is 0 Å². The Morgan fingerprint density at radius 1 is 1.00 bits per heavy atom. The van der Waals surface area contributed by atoms with Crippen LogP contribution < -0.4 is 20.4 Å². The second kappa shape index (κ2) is 10.5. The summed E-state index contributed by atoms with van der Waals surface area (Å²) < 4.78 is 16.3. The molecule has 3 rings (SSSR count). The van der Waals surface area contributed by atoms with E-state index in [0.29, 0.717) is 18.4 Å². The summed E-state index contributed by atoms with van der Waals surface area (Å²) in [5.74, 6) is 0.112. The fraction of sp³-hybridized carbons (Fsp3) is 0.370. The van der Waals surface area contributed by atoms with Crippen molar-refractivity contribution < 1.29 is 23.5 Å². The maximum atomic E-state index is 12.2. The molecule has 2 aromatic carbocycles. The molecule has 1 N–H and O–H groups in total. The van der Waals surface area contributed by atoms with Crippen LogP contribution in [0.4, 0.5) is 0 Å². The van der Waals surface area contributed by atoms with Crippen LogP contribution in [0.2, 0.25) is 0 Å². The first-order chi connectivity index (χ1) is 16.0. The van der Waals surface area contributed by atoms with Gasteiger partial charge < -0.3 is 19.2 Å². The van der Waals surface area contributed by atoms with Gasteiger partial charge in [0.25, 0.3) is 5.91 Å². The second-order valence-corrected chi connectivity index (χ2v) is 9.48. The maximum absolute atomic E-state index is 12.2. The van der Waals surface area contributed by atoms with E-state index in [0.717, 1.165) is 5.75 Å². The predicted octanol–water partition coefficient (Wildman–Crippen LogP) is 4.99. The van der Waals surface area contributed by atoms with Gasteiger partial charge in [-0.25, -0.2) is 4.79 Å². The first-order valence-electron chi connectivity index (χ1n) is 11.4. The second-order valence-electron chi connectivity index (χ2n) is 9.48. The summed E-state index contributed by atoms with van der Waals surface area (Å²) >= 11 is 0. The largest absolute Gasteiger partial charge is 0.494 e. The van der Waals surface area contributed by atoms with Crippen LogP contribution in [0.5, 0.6) is 11.5 Å². The Balaban J connectivity index is 1.53. The topological polar surface area (TPSA) is 94.8 Å². The van der Waals surface area contributed by atoms with Crippen LogP contribution in [0.3, 0.4) is 0 Å². The zero-order chi connectivity index (χ0) is 24.9. The molecule has 180 valence electrons. The fourth-order valence-corrected chi connectivity index (χ4v) is 3.29. The van der Waals surface area contributed by atoms with Crippen LogP contribution in [-0.4, -0.2) is 24.5 Å². The summed E-state index contributed by atoms with van der Waals surface area (Å²) in [7, 11) is 0. The van der Waals surface area contributed by atoms with Crippen LogP contribution in [0, 0.1) is 0 Å². The van der Waals surface area contributed by atoms with Crippen molar-refractivity contribution in [2.75, 3.05) is 6.61 Å². The van der Waals surface area contributed by atoms with E-state index in [-0.39, 0.29) is 34.8 Å². The third-order valence-corrected chi connectivity index (χ3v) is 5.12. The molecule has 0 fully saturated rings. The minimum atomic E-state index is -0.748. The number of nitrogens with one attached hydrogen (secondary N) is 1. The molecule has 0 aliphatic rings. The summed E-state index contributed by atoms with van der Waals surface area (Å²) in [5, 5.41) is 3.22. The van der Waals surface area contributed by atoms with E-state index >= 15 is 0 Å². The SMILES string of the molecule is CC(C)NC(=O)c1cc2ccc(OC(=O)CCCOc3ccc(C(C)(C)C)cc3)cc2oc1=O. The smallest absolute Gasteiger partial charge is 0.349 e. The molecule has 0 saturated heterocycles. The molecule has 0 unspecified atom stereocenters. The number of benzene rings is 2. The zero-order valence-electron chi connectivity index (χ0n) is 20.3. The summed E-state index contributed by atoms with van der Waals surface area (Å²) in [5.41, 5.74) is 0.724. The van der Waals surface area contributed by atoms with Gasteiger partial charge in [-0.1, -0.05) is 32.9 Å². The molecule has 0 atom stereocenters. The van der Waals surface area contributed by atoms with Gasteiger partial charge in [0.1, 0.15) is 22.6 Å². The van der Waals surface area contributed by atoms with Gasteiger partial charge in [-0.15, -0.1) is 0 Å². The van der Waals surface area contributed by atoms with Crippen LogP contribution >= 0.6 is 0 Å². The molecule has 34 heavy (non-hydrogen) atoms. The number of esters is 1. The number of amides is 1. The standard InChI is InChI=1S/C27H31NO6/c1-17(2)28-25(30)22-15-18-8-11-21(16-23(18)34-26(22)31)33-24(29)7-6-14-32-20-12-9-19(10-13-20)27(3,4)5/h8-13,15-17H,6-7,14H2,1-5H3,(H,28,30). The van der Waals surface area contributed by atoms with E-state index in [1.807, 2.05) is 24.3 Å². The lowest BCUT2D eigenvalue weighted by molar-refractivity contribution is -0.134. The van der Waals surface area contributed by atoms with Gasteiger partial charge in [-0.3, -0.25) is 9.59 Å². The fourth-order valence-electron chi connectivity index (χ4n) is 3.29. The van der Waals surface area contributed by atoms with E-state index in [1.165, 1.54) is 17.7 Å². The molecule has 0 radical (unpaired) electrons. The first-order valence-corrected chi connectivity index (χ1v) is 11.4. The highest BCUT2D eigenvalue weighted by molar-refractivity contribution is 5.96. The molecule has 1 heterocycles. The summed E-state index contributed by atoms with van der Waals surface area (Å²) in [6.07, 6.45) is 0.674. The van der Waals surface area contributed by atoms with E-state index in [1.54, 1.807) is 26.0 Å². The van der Waals surface area contributed by atoms with E-state index < -0.39 is 17.5 Å². The molecule has 1 amide bonds. The molecule has 0 spiro atoms. The van der Waals surface area contributed by atoms with Gasteiger partial charge in [0.2, 0.25) is 0 Å². The highest BCUT2D eigenvalue weighted by Gasteiger charge is 2.16. The molecule has 0 saturated carbocycles. The zero-order valence-corrected chi connectivity index (χ0v) is 20.3. The van der Waals surface area contributed by atoms with Gasteiger partial charge in [-0.05, 0) is 61.6 Å². The van der Waals surface area contributed by atoms with Gasteiger partial charge in [0.15, 0.2) is 0 Å². The maximum Gasteiger partial charge on any atom is 0.349 e. The van der Waals surface area contributed by atoms with Crippen molar-refractivity contribution in [3.05, 3.63) is 70.1 Å². The normalized spacial score (nSPS) is 11.5. The number of carbonyl (C=O) groups is 2. The molecular formula is C27H31NO6. The van der Waals surface area contributed by atoms with Crippen LogP contribution in [0.15, 0.2) is 57.7 Å². The summed E-state index contributed by atoms with van der Waals surface area (Å²) in [6, 6.07) is 14.0. The lowest BCUT2D eigenvalue weighted by atomic mass is 9.87. The minimum Gasteiger partial charge on any atom is -0.494 e. The number of hydrogen-bond acceptors (Lipinski definition) is 6. The molecule has 1 aromatic heterocycles. The number of fused-ring (bicyclic) bond motifs is 1. The molecule has 0 bridgehead atoms. The third-order valence-electron chi connectivity index (χ3n) is 5.12. The van der Waals surface area contributed by atoms with Crippen LogP contribution in [-0.2, 0) is 10.2 Å². The molecule has 0 aliphatic carbocycles. The van der Waals surface area contributed by atoms with Crippen molar-refractivity contribution in [1.82, 2.24) is 5.32 Å². The molecule has 7 heteroatoms. The number of rotatable bonds is 8. The molecule has 0 aliphatic heterocycles. The Kier molecular flexibility index (Phi) is 7.76. The van der Waals surface area contributed by atoms with Crippen molar-refractivity contribution in [2.24, 2.45) is 0 Å². The van der Waals surface area contributed by atoms with E-state index in [9.17, 15) is 14.4 Å². The monoisotopic (exact) mass is 465 g/mol. The average molecular weight is 466 g/mol. The van der Waals surface area contributed by atoms with Crippen molar-refractivity contribution in [3.8, 4) is 11.5 Å². The van der Waals surface area contributed by atoms with Crippen molar-refractivity contribution in [2.45, 2.75) is 58.9 Å². The lowest BCUT2D eigenvalue weighted by Gasteiger charge is -2.19. The van der Waals surface area contributed by atoms with E-state index in [2.05, 4.69) is 26.1 Å². The Labute approximate surface area is 199 Å². The molecular weight excluding hydrogens is 434 g/mol.